The summed E-state index contributed by atoms with van der Waals surface area (Å²) in [4.78, 5) is 36.5. The summed E-state index contributed by atoms with van der Waals surface area (Å²) in [6.45, 7) is 3.20. The third-order valence-electron chi connectivity index (χ3n) is 4.85. The van der Waals surface area contributed by atoms with Crippen molar-refractivity contribution in [3.8, 4) is 5.75 Å². The minimum absolute atomic E-state index is 0.0268. The molecule has 1 aliphatic carbocycles. The third kappa shape index (κ3) is 3.78. The monoisotopic (exact) mass is 385 g/mol. The van der Waals surface area contributed by atoms with E-state index < -0.39 is 24.5 Å². The number of carboxylic acids is 1. The van der Waals surface area contributed by atoms with E-state index in [1.807, 2.05) is 0 Å². The van der Waals surface area contributed by atoms with Gasteiger partial charge in [-0.05, 0) is 32.8 Å². The van der Waals surface area contributed by atoms with Crippen LogP contribution in [0.3, 0.4) is 0 Å². The number of ketones is 1. The molecule has 1 heterocycles. The van der Waals surface area contributed by atoms with Gasteiger partial charge in [0.15, 0.2) is 12.4 Å². The van der Waals surface area contributed by atoms with Gasteiger partial charge in [0.1, 0.15) is 5.75 Å². The van der Waals surface area contributed by atoms with Crippen molar-refractivity contribution in [1.82, 2.24) is 5.32 Å². The van der Waals surface area contributed by atoms with Crippen LogP contribution in [0.2, 0.25) is 0 Å². The first-order valence-electron chi connectivity index (χ1n) is 9.28. The van der Waals surface area contributed by atoms with Gasteiger partial charge in [-0.3, -0.25) is 4.79 Å². The maximum absolute atomic E-state index is 12.8. The number of aliphatic carboxylic acids is 1. The van der Waals surface area contributed by atoms with Crippen molar-refractivity contribution in [2.75, 3.05) is 13.2 Å². The van der Waals surface area contributed by atoms with Crippen LogP contribution in [0.5, 0.6) is 5.75 Å². The van der Waals surface area contributed by atoms with E-state index in [2.05, 4.69) is 5.32 Å². The van der Waals surface area contributed by atoms with Crippen molar-refractivity contribution in [3.63, 3.8) is 0 Å². The van der Waals surface area contributed by atoms with E-state index in [9.17, 15) is 14.4 Å². The summed E-state index contributed by atoms with van der Waals surface area (Å²) in [6.07, 6.45) is 1.87. The Morgan fingerprint density at radius 1 is 1.25 bits per heavy atom. The summed E-state index contributed by atoms with van der Waals surface area (Å²) >= 11 is 0. The first-order chi connectivity index (χ1) is 13.4. The zero-order chi connectivity index (χ0) is 20.3. The highest BCUT2D eigenvalue weighted by Gasteiger charge is 2.40. The number of nitrogens with one attached hydrogen (secondary N) is 1. The van der Waals surface area contributed by atoms with E-state index in [4.69, 9.17) is 14.6 Å². The molecule has 148 valence electrons. The van der Waals surface area contributed by atoms with Gasteiger partial charge in [0.05, 0.1) is 18.1 Å². The molecule has 1 aromatic carbocycles. The third-order valence-corrected chi connectivity index (χ3v) is 4.85. The van der Waals surface area contributed by atoms with Crippen LogP contribution in [0.15, 0.2) is 46.8 Å². The van der Waals surface area contributed by atoms with Crippen LogP contribution in [0.1, 0.15) is 44.6 Å². The number of carbonyl (C=O) groups is 3. The lowest BCUT2D eigenvalue weighted by Crippen LogP contribution is -2.34. The van der Waals surface area contributed by atoms with Gasteiger partial charge in [-0.25, -0.2) is 9.59 Å². The number of para-hydroxylation sites is 1. The summed E-state index contributed by atoms with van der Waals surface area (Å²) in [7, 11) is 0. The van der Waals surface area contributed by atoms with E-state index in [0.717, 1.165) is 12.1 Å². The van der Waals surface area contributed by atoms with Crippen molar-refractivity contribution in [3.05, 3.63) is 52.4 Å². The maximum Gasteiger partial charge on any atom is 0.341 e. The average molecular weight is 385 g/mol. The summed E-state index contributed by atoms with van der Waals surface area (Å²) in [6, 6.07) is 6.90. The summed E-state index contributed by atoms with van der Waals surface area (Å²) in [5.74, 6) is -1.97. The molecule has 0 radical (unpaired) electrons. The predicted octanol–water partition coefficient (Wildman–Crippen LogP) is 2.68. The fraction of sp³-hybridized carbons (Fsp3) is 0.381. The fourth-order valence-corrected chi connectivity index (χ4v) is 3.76. The molecule has 0 bridgehead atoms. The van der Waals surface area contributed by atoms with Gasteiger partial charge in [-0.15, -0.1) is 0 Å². The first-order valence-corrected chi connectivity index (χ1v) is 9.28. The minimum atomic E-state index is -1.11. The van der Waals surface area contributed by atoms with Crippen LogP contribution < -0.4 is 10.1 Å². The fourth-order valence-electron chi connectivity index (χ4n) is 3.76. The van der Waals surface area contributed by atoms with Gasteiger partial charge in [-0.1, -0.05) is 18.2 Å². The molecule has 2 N–H and O–H groups in total. The highest BCUT2D eigenvalue weighted by molar-refractivity contribution is 6.04. The molecule has 7 nitrogen and oxygen atoms in total. The maximum atomic E-state index is 12.8. The smallest absolute Gasteiger partial charge is 0.341 e. The molecule has 0 saturated carbocycles. The summed E-state index contributed by atoms with van der Waals surface area (Å²) in [5.41, 5.74) is 2.90. The number of esters is 1. The topological polar surface area (TPSA) is 102 Å². The Labute approximate surface area is 163 Å². The number of rotatable bonds is 6. The molecule has 0 saturated heterocycles. The Kier molecular flexibility index (Phi) is 5.82. The van der Waals surface area contributed by atoms with Crippen molar-refractivity contribution < 1.29 is 29.0 Å². The Balaban J connectivity index is 2.15. The van der Waals surface area contributed by atoms with E-state index in [0.29, 0.717) is 41.0 Å². The second kappa shape index (κ2) is 8.29. The molecule has 28 heavy (non-hydrogen) atoms. The Morgan fingerprint density at radius 2 is 2.00 bits per heavy atom. The zero-order valence-electron chi connectivity index (χ0n) is 15.9. The molecule has 1 atom stereocenters. The number of carbonyl (C=O) groups excluding carboxylic acids is 2. The Morgan fingerprint density at radius 3 is 2.71 bits per heavy atom. The SMILES string of the molecule is CCOC(=O)C1=C(C)NC2=C(C(=O)CCC2)C1c1ccccc1OCC(=O)O. The number of benzene rings is 1. The van der Waals surface area contributed by atoms with E-state index >= 15 is 0 Å². The number of ether oxygens (including phenoxy) is 2. The molecule has 0 spiro atoms. The number of dihydropyridines is 1. The highest BCUT2D eigenvalue weighted by Crippen LogP contribution is 2.45. The number of carboxylic acid groups (broad SMARTS) is 1. The van der Waals surface area contributed by atoms with Gasteiger partial charge < -0.3 is 19.9 Å². The second-order valence-corrected chi connectivity index (χ2v) is 6.71. The number of Topliss-reactive ketones (excluding diaryl/α,β-unsaturated/α-hetero) is 1. The lowest BCUT2D eigenvalue weighted by atomic mass is 9.75. The molecule has 7 heteroatoms. The predicted molar refractivity (Wildman–Crippen MR) is 101 cm³/mol. The van der Waals surface area contributed by atoms with Crippen LogP contribution in [0.4, 0.5) is 0 Å². The molecule has 1 unspecified atom stereocenters. The lowest BCUT2D eigenvalue weighted by molar-refractivity contribution is -0.140. The van der Waals surface area contributed by atoms with Crippen molar-refractivity contribution >= 4 is 17.7 Å². The van der Waals surface area contributed by atoms with Gasteiger partial charge in [0.2, 0.25) is 0 Å². The molecule has 0 amide bonds. The lowest BCUT2D eigenvalue weighted by Gasteiger charge is -2.34. The summed E-state index contributed by atoms with van der Waals surface area (Å²) < 4.78 is 10.7. The van der Waals surface area contributed by atoms with Crippen molar-refractivity contribution in [1.29, 1.82) is 0 Å². The summed E-state index contributed by atoms with van der Waals surface area (Å²) in [5, 5.41) is 12.2. The van der Waals surface area contributed by atoms with E-state index in [1.54, 1.807) is 38.1 Å². The molecule has 2 aliphatic rings. The largest absolute Gasteiger partial charge is 0.482 e. The van der Waals surface area contributed by atoms with Gasteiger partial charge in [0.25, 0.3) is 0 Å². The standard InChI is InChI=1S/C21H23NO6/c1-3-27-21(26)18-12(2)22-14-8-6-9-15(23)20(14)19(18)13-7-4-5-10-16(13)28-11-17(24)25/h4-5,7,10,19,22H,3,6,8-9,11H2,1-2H3,(H,24,25). The number of allylic oxidation sites excluding steroid dienone is 3. The van der Waals surface area contributed by atoms with Crippen LogP contribution in [-0.2, 0) is 19.1 Å². The van der Waals surface area contributed by atoms with Crippen LogP contribution >= 0.6 is 0 Å². The molecular formula is C21H23NO6. The molecule has 0 aromatic heterocycles. The van der Waals surface area contributed by atoms with Crippen LogP contribution in [0, 0.1) is 0 Å². The average Bonchev–Trinajstić information content (AvgIpc) is 2.66. The van der Waals surface area contributed by atoms with Gasteiger partial charge in [-0.2, -0.15) is 0 Å². The van der Waals surface area contributed by atoms with Crippen LogP contribution in [-0.4, -0.2) is 36.0 Å². The van der Waals surface area contributed by atoms with Gasteiger partial charge >= 0.3 is 11.9 Å². The second-order valence-electron chi connectivity index (χ2n) is 6.71. The molecule has 3 rings (SSSR count). The molecular weight excluding hydrogens is 362 g/mol. The van der Waals surface area contributed by atoms with Gasteiger partial charge in [0, 0.05) is 29.0 Å². The number of hydrogen-bond donors (Lipinski definition) is 2. The Bertz CT molecular complexity index is 883. The first kappa shape index (κ1) is 19.7. The molecule has 0 fully saturated rings. The number of hydrogen-bond acceptors (Lipinski definition) is 6. The zero-order valence-corrected chi connectivity index (χ0v) is 15.9. The van der Waals surface area contributed by atoms with Crippen molar-refractivity contribution in [2.24, 2.45) is 0 Å². The molecule has 1 aliphatic heterocycles. The van der Waals surface area contributed by atoms with E-state index in [1.165, 1.54) is 0 Å². The normalized spacial score (nSPS) is 19.1. The molecule has 1 aromatic rings. The Hall–Kier alpha value is -3.09. The minimum Gasteiger partial charge on any atom is -0.482 e. The highest BCUT2D eigenvalue weighted by atomic mass is 16.5. The quantitative estimate of drug-likeness (QED) is 0.726. The van der Waals surface area contributed by atoms with E-state index in [-0.39, 0.29) is 12.4 Å². The van der Waals surface area contributed by atoms with Crippen molar-refractivity contribution in [2.45, 2.75) is 39.0 Å². The van der Waals surface area contributed by atoms with Crippen LogP contribution in [0.25, 0.3) is 0 Å².